The van der Waals surface area contributed by atoms with E-state index in [0.717, 1.165) is 17.9 Å². The SMILES string of the molecule is CC(C)c1ccc(CN2CCCCC2CCBr)cc1. The molecule has 0 radical (unpaired) electrons. The first kappa shape index (κ1) is 15.1. The van der Waals surface area contributed by atoms with Gasteiger partial charge in [-0.25, -0.2) is 0 Å². The van der Waals surface area contributed by atoms with Gasteiger partial charge in [0.25, 0.3) is 0 Å². The topological polar surface area (TPSA) is 3.24 Å². The van der Waals surface area contributed by atoms with Gasteiger partial charge in [-0.3, -0.25) is 4.90 Å². The third kappa shape index (κ3) is 4.32. The Morgan fingerprint density at radius 2 is 1.95 bits per heavy atom. The number of nitrogens with zero attached hydrogens (tertiary/aromatic N) is 1. The molecule has 1 aromatic rings. The van der Waals surface area contributed by atoms with E-state index >= 15 is 0 Å². The Hall–Kier alpha value is -0.340. The minimum Gasteiger partial charge on any atom is -0.296 e. The molecule has 106 valence electrons. The van der Waals surface area contributed by atoms with Gasteiger partial charge in [-0.2, -0.15) is 0 Å². The van der Waals surface area contributed by atoms with Crippen molar-refractivity contribution in [2.24, 2.45) is 0 Å². The van der Waals surface area contributed by atoms with E-state index in [1.54, 1.807) is 0 Å². The molecule has 2 heteroatoms. The molecule has 19 heavy (non-hydrogen) atoms. The second kappa shape index (κ2) is 7.44. The van der Waals surface area contributed by atoms with Crippen molar-refractivity contribution >= 4 is 15.9 Å². The Morgan fingerprint density at radius 3 is 2.58 bits per heavy atom. The molecule has 1 aromatic carbocycles. The lowest BCUT2D eigenvalue weighted by atomic mass is 9.98. The lowest BCUT2D eigenvalue weighted by Crippen LogP contribution is -2.39. The zero-order valence-electron chi connectivity index (χ0n) is 12.2. The van der Waals surface area contributed by atoms with E-state index in [1.807, 2.05) is 0 Å². The first-order chi connectivity index (χ1) is 9.20. The van der Waals surface area contributed by atoms with Crippen molar-refractivity contribution in [3.63, 3.8) is 0 Å². The molecule has 1 heterocycles. The maximum atomic E-state index is 3.60. The number of hydrogen-bond donors (Lipinski definition) is 0. The average molecular weight is 324 g/mol. The maximum absolute atomic E-state index is 3.60. The zero-order chi connectivity index (χ0) is 13.7. The van der Waals surface area contributed by atoms with Crippen LogP contribution >= 0.6 is 15.9 Å². The summed E-state index contributed by atoms with van der Waals surface area (Å²) in [6.07, 6.45) is 5.42. The number of piperidine rings is 1. The number of benzene rings is 1. The van der Waals surface area contributed by atoms with E-state index < -0.39 is 0 Å². The molecular weight excluding hydrogens is 298 g/mol. The second-order valence-electron chi connectivity index (χ2n) is 5.99. The average Bonchev–Trinajstić information content (AvgIpc) is 2.42. The van der Waals surface area contributed by atoms with Crippen LogP contribution in [-0.2, 0) is 6.54 Å². The van der Waals surface area contributed by atoms with Crippen LogP contribution in [0, 0.1) is 0 Å². The van der Waals surface area contributed by atoms with Crippen molar-refractivity contribution in [1.82, 2.24) is 4.90 Å². The first-order valence-electron chi connectivity index (χ1n) is 7.59. The van der Waals surface area contributed by atoms with E-state index in [2.05, 4.69) is 58.9 Å². The van der Waals surface area contributed by atoms with Crippen LogP contribution in [0.2, 0.25) is 0 Å². The fraction of sp³-hybridized carbons (Fsp3) is 0.647. The lowest BCUT2D eigenvalue weighted by Gasteiger charge is -2.35. The van der Waals surface area contributed by atoms with Crippen molar-refractivity contribution in [2.75, 3.05) is 11.9 Å². The quantitative estimate of drug-likeness (QED) is 0.693. The molecule has 1 fully saturated rings. The van der Waals surface area contributed by atoms with Crippen LogP contribution < -0.4 is 0 Å². The van der Waals surface area contributed by atoms with Crippen LogP contribution in [0.15, 0.2) is 24.3 Å². The monoisotopic (exact) mass is 323 g/mol. The Morgan fingerprint density at radius 1 is 1.21 bits per heavy atom. The van der Waals surface area contributed by atoms with Crippen molar-refractivity contribution in [3.8, 4) is 0 Å². The molecule has 0 amide bonds. The number of hydrogen-bond acceptors (Lipinski definition) is 1. The van der Waals surface area contributed by atoms with Gasteiger partial charge >= 0.3 is 0 Å². The molecule has 0 N–H and O–H groups in total. The Labute approximate surface area is 126 Å². The van der Waals surface area contributed by atoms with Crippen molar-refractivity contribution in [3.05, 3.63) is 35.4 Å². The second-order valence-corrected chi connectivity index (χ2v) is 6.79. The molecule has 0 saturated carbocycles. The Balaban J connectivity index is 1.98. The highest BCUT2D eigenvalue weighted by Gasteiger charge is 2.21. The Bertz CT molecular complexity index is 369. The lowest BCUT2D eigenvalue weighted by molar-refractivity contribution is 0.137. The van der Waals surface area contributed by atoms with Gasteiger partial charge in [0.2, 0.25) is 0 Å². The van der Waals surface area contributed by atoms with Crippen molar-refractivity contribution < 1.29 is 0 Å². The molecule has 0 aliphatic carbocycles. The Kier molecular flexibility index (Phi) is 5.90. The van der Waals surface area contributed by atoms with Gasteiger partial charge in [-0.1, -0.05) is 60.5 Å². The van der Waals surface area contributed by atoms with Crippen molar-refractivity contribution in [1.29, 1.82) is 0 Å². The minimum atomic E-state index is 0.630. The molecule has 1 atom stereocenters. The summed E-state index contributed by atoms with van der Waals surface area (Å²) in [5, 5.41) is 1.13. The van der Waals surface area contributed by atoms with E-state index in [4.69, 9.17) is 0 Å². The van der Waals surface area contributed by atoms with Crippen LogP contribution in [0.3, 0.4) is 0 Å². The van der Waals surface area contributed by atoms with E-state index in [0.29, 0.717) is 5.92 Å². The van der Waals surface area contributed by atoms with E-state index in [-0.39, 0.29) is 0 Å². The predicted molar refractivity (Wildman–Crippen MR) is 87.0 cm³/mol. The molecule has 0 aromatic heterocycles. The van der Waals surface area contributed by atoms with Gasteiger partial charge in [0.1, 0.15) is 0 Å². The van der Waals surface area contributed by atoms with Crippen LogP contribution in [0.5, 0.6) is 0 Å². The standard InChI is InChI=1S/C17H26BrN/c1-14(2)16-8-6-15(7-9-16)13-19-12-4-3-5-17(19)10-11-18/h6-9,14,17H,3-5,10-13H2,1-2H3. The van der Waals surface area contributed by atoms with E-state index in [1.165, 1.54) is 43.4 Å². The summed E-state index contributed by atoms with van der Waals surface area (Å²) in [5.41, 5.74) is 2.91. The van der Waals surface area contributed by atoms with E-state index in [9.17, 15) is 0 Å². The number of likely N-dealkylation sites (tertiary alicyclic amines) is 1. The molecule has 1 aliphatic rings. The third-order valence-corrected chi connectivity index (χ3v) is 4.68. The molecule has 1 aliphatic heterocycles. The van der Waals surface area contributed by atoms with Crippen LogP contribution in [0.25, 0.3) is 0 Å². The van der Waals surface area contributed by atoms with Gasteiger partial charge in [-0.05, 0) is 42.9 Å². The summed E-state index contributed by atoms with van der Waals surface area (Å²) in [5.74, 6) is 0.630. The zero-order valence-corrected chi connectivity index (χ0v) is 13.8. The largest absolute Gasteiger partial charge is 0.296 e. The summed E-state index contributed by atoms with van der Waals surface area (Å²) >= 11 is 3.60. The number of halogens is 1. The van der Waals surface area contributed by atoms with Crippen LogP contribution in [0.4, 0.5) is 0 Å². The van der Waals surface area contributed by atoms with Gasteiger partial charge < -0.3 is 0 Å². The molecular formula is C17H26BrN. The molecule has 1 nitrogen and oxygen atoms in total. The normalized spacial score (nSPS) is 20.9. The predicted octanol–water partition coefficient (Wildman–Crippen LogP) is 4.95. The first-order valence-corrected chi connectivity index (χ1v) is 8.71. The smallest absolute Gasteiger partial charge is 0.0236 e. The molecule has 0 bridgehead atoms. The summed E-state index contributed by atoms with van der Waals surface area (Å²) in [6, 6.07) is 10.00. The summed E-state index contributed by atoms with van der Waals surface area (Å²) in [7, 11) is 0. The van der Waals surface area contributed by atoms with Gasteiger partial charge in [0.05, 0.1) is 0 Å². The third-order valence-electron chi connectivity index (χ3n) is 4.22. The highest BCUT2D eigenvalue weighted by molar-refractivity contribution is 9.09. The van der Waals surface area contributed by atoms with Crippen LogP contribution in [-0.4, -0.2) is 22.8 Å². The van der Waals surface area contributed by atoms with Crippen LogP contribution in [0.1, 0.15) is 56.6 Å². The highest BCUT2D eigenvalue weighted by atomic mass is 79.9. The fourth-order valence-corrected chi connectivity index (χ4v) is 3.49. The minimum absolute atomic E-state index is 0.630. The summed E-state index contributed by atoms with van der Waals surface area (Å²) in [6.45, 7) is 6.90. The highest BCUT2D eigenvalue weighted by Crippen LogP contribution is 2.23. The molecule has 1 unspecified atom stereocenters. The maximum Gasteiger partial charge on any atom is 0.0236 e. The molecule has 0 spiro atoms. The van der Waals surface area contributed by atoms with Gasteiger partial charge in [-0.15, -0.1) is 0 Å². The summed E-state index contributed by atoms with van der Waals surface area (Å²) < 4.78 is 0. The molecule has 2 rings (SSSR count). The van der Waals surface area contributed by atoms with Gasteiger partial charge in [0, 0.05) is 17.9 Å². The number of alkyl halides is 1. The van der Waals surface area contributed by atoms with Gasteiger partial charge in [0.15, 0.2) is 0 Å². The van der Waals surface area contributed by atoms with Crippen molar-refractivity contribution in [2.45, 2.75) is 58.0 Å². The molecule has 1 saturated heterocycles. The number of rotatable bonds is 5. The summed E-state index contributed by atoms with van der Waals surface area (Å²) in [4.78, 5) is 2.68. The fourth-order valence-electron chi connectivity index (χ4n) is 2.96.